The van der Waals surface area contributed by atoms with Crippen molar-refractivity contribution in [3.8, 4) is 17.0 Å². The summed E-state index contributed by atoms with van der Waals surface area (Å²) in [6, 6.07) is 8.34. The van der Waals surface area contributed by atoms with Gasteiger partial charge in [0.25, 0.3) is 0 Å². The number of rotatable bonds is 5. The first-order chi connectivity index (χ1) is 9.70. The van der Waals surface area contributed by atoms with Gasteiger partial charge in [0.1, 0.15) is 11.4 Å². The quantitative estimate of drug-likeness (QED) is 0.905. The molecule has 1 aromatic carbocycles. The van der Waals surface area contributed by atoms with Crippen molar-refractivity contribution < 1.29 is 4.74 Å². The normalized spacial score (nSPS) is 16.1. The molecule has 106 valence electrons. The van der Waals surface area contributed by atoms with Gasteiger partial charge in [-0.2, -0.15) is 5.10 Å². The second-order valence-electron chi connectivity index (χ2n) is 5.42. The van der Waals surface area contributed by atoms with E-state index in [1.165, 1.54) is 12.8 Å². The lowest BCUT2D eigenvalue weighted by atomic mass is 10.1. The Bertz CT molecular complexity index is 602. The third kappa shape index (κ3) is 2.38. The average molecular weight is 271 g/mol. The van der Waals surface area contributed by atoms with Crippen molar-refractivity contribution in [2.45, 2.75) is 32.7 Å². The first-order valence-electron chi connectivity index (χ1n) is 7.27. The Kier molecular flexibility index (Phi) is 3.38. The molecule has 1 aliphatic carbocycles. The van der Waals surface area contributed by atoms with E-state index in [9.17, 15) is 0 Å². The standard InChI is InChI=1S/C16H21N3O/c1-3-20-15-7-5-4-6-13(15)16-14(17)10-19(18-16)11(2)12-8-9-12/h4-7,10-12H,3,8-9,17H2,1-2H3. The summed E-state index contributed by atoms with van der Waals surface area (Å²) in [5.41, 5.74) is 8.66. The summed E-state index contributed by atoms with van der Waals surface area (Å²) in [6.45, 7) is 4.83. The minimum atomic E-state index is 0.422. The Morgan fingerprint density at radius 1 is 1.40 bits per heavy atom. The van der Waals surface area contributed by atoms with Gasteiger partial charge in [-0.3, -0.25) is 4.68 Å². The fourth-order valence-corrected chi connectivity index (χ4v) is 2.56. The Morgan fingerprint density at radius 3 is 2.85 bits per heavy atom. The van der Waals surface area contributed by atoms with E-state index < -0.39 is 0 Å². The van der Waals surface area contributed by atoms with Gasteiger partial charge in [0.2, 0.25) is 0 Å². The van der Waals surface area contributed by atoms with Gasteiger partial charge >= 0.3 is 0 Å². The summed E-state index contributed by atoms with van der Waals surface area (Å²) in [7, 11) is 0. The van der Waals surface area contributed by atoms with Crippen LogP contribution in [0.2, 0.25) is 0 Å². The highest BCUT2D eigenvalue weighted by atomic mass is 16.5. The van der Waals surface area contributed by atoms with Crippen LogP contribution in [0.15, 0.2) is 30.5 Å². The van der Waals surface area contributed by atoms with E-state index in [4.69, 9.17) is 15.6 Å². The summed E-state index contributed by atoms with van der Waals surface area (Å²) < 4.78 is 7.68. The molecule has 0 saturated heterocycles. The molecule has 0 radical (unpaired) electrons. The molecule has 1 heterocycles. The predicted molar refractivity (Wildman–Crippen MR) is 80.7 cm³/mol. The molecule has 0 aliphatic heterocycles. The van der Waals surface area contributed by atoms with E-state index >= 15 is 0 Å². The number of aromatic nitrogens is 2. The fourth-order valence-electron chi connectivity index (χ4n) is 2.56. The van der Waals surface area contributed by atoms with Crippen molar-refractivity contribution in [2.24, 2.45) is 5.92 Å². The molecule has 1 atom stereocenters. The molecule has 1 unspecified atom stereocenters. The van der Waals surface area contributed by atoms with Crippen LogP contribution in [0, 0.1) is 5.92 Å². The molecule has 2 aromatic rings. The van der Waals surface area contributed by atoms with E-state index in [1.807, 2.05) is 42.1 Å². The van der Waals surface area contributed by atoms with Crippen LogP contribution in [-0.4, -0.2) is 16.4 Å². The molecule has 1 aromatic heterocycles. The number of anilines is 1. The lowest BCUT2D eigenvalue weighted by molar-refractivity contribution is 0.341. The van der Waals surface area contributed by atoms with Crippen molar-refractivity contribution in [2.75, 3.05) is 12.3 Å². The van der Waals surface area contributed by atoms with Crippen molar-refractivity contribution in [3.63, 3.8) is 0 Å². The van der Waals surface area contributed by atoms with Crippen LogP contribution in [0.25, 0.3) is 11.3 Å². The Balaban J connectivity index is 1.97. The molecular formula is C16H21N3O. The zero-order valence-electron chi connectivity index (χ0n) is 12.0. The number of nitrogens with two attached hydrogens (primary N) is 1. The van der Waals surface area contributed by atoms with Crippen LogP contribution >= 0.6 is 0 Å². The Morgan fingerprint density at radius 2 is 2.15 bits per heavy atom. The van der Waals surface area contributed by atoms with Gasteiger partial charge in [-0.15, -0.1) is 0 Å². The maximum absolute atomic E-state index is 6.16. The minimum absolute atomic E-state index is 0.422. The van der Waals surface area contributed by atoms with Crippen molar-refractivity contribution in [3.05, 3.63) is 30.5 Å². The SMILES string of the molecule is CCOc1ccccc1-c1nn(C(C)C2CC2)cc1N. The molecule has 1 fully saturated rings. The zero-order chi connectivity index (χ0) is 14.1. The molecule has 0 spiro atoms. The molecule has 4 nitrogen and oxygen atoms in total. The predicted octanol–water partition coefficient (Wildman–Crippen LogP) is 3.50. The minimum Gasteiger partial charge on any atom is -0.493 e. The van der Waals surface area contributed by atoms with Crippen molar-refractivity contribution >= 4 is 5.69 Å². The second kappa shape index (κ2) is 5.19. The molecule has 3 rings (SSSR count). The van der Waals surface area contributed by atoms with E-state index in [0.717, 1.165) is 22.9 Å². The van der Waals surface area contributed by atoms with Gasteiger partial charge in [-0.25, -0.2) is 0 Å². The summed E-state index contributed by atoms with van der Waals surface area (Å²) in [5.74, 6) is 1.59. The summed E-state index contributed by atoms with van der Waals surface area (Å²) in [6.07, 6.45) is 4.54. The first-order valence-corrected chi connectivity index (χ1v) is 7.27. The zero-order valence-corrected chi connectivity index (χ0v) is 12.0. The molecule has 1 saturated carbocycles. The van der Waals surface area contributed by atoms with Gasteiger partial charge in [-0.05, 0) is 44.7 Å². The largest absolute Gasteiger partial charge is 0.493 e. The lowest BCUT2D eigenvalue weighted by Crippen LogP contribution is -2.07. The van der Waals surface area contributed by atoms with Crippen LogP contribution in [-0.2, 0) is 0 Å². The van der Waals surface area contributed by atoms with E-state index in [1.54, 1.807) is 0 Å². The third-order valence-electron chi connectivity index (χ3n) is 3.92. The van der Waals surface area contributed by atoms with Gasteiger partial charge in [-0.1, -0.05) is 12.1 Å². The smallest absolute Gasteiger partial charge is 0.128 e. The summed E-state index contributed by atoms with van der Waals surface area (Å²) >= 11 is 0. The molecule has 20 heavy (non-hydrogen) atoms. The highest BCUT2D eigenvalue weighted by molar-refractivity contribution is 5.76. The second-order valence-corrected chi connectivity index (χ2v) is 5.42. The van der Waals surface area contributed by atoms with Crippen LogP contribution in [0.3, 0.4) is 0 Å². The monoisotopic (exact) mass is 271 g/mol. The molecule has 1 aliphatic rings. The highest BCUT2D eigenvalue weighted by Crippen LogP contribution is 2.40. The van der Waals surface area contributed by atoms with Crippen molar-refractivity contribution in [1.82, 2.24) is 9.78 Å². The number of nitrogen functional groups attached to an aromatic ring is 1. The van der Waals surface area contributed by atoms with Crippen LogP contribution in [0.4, 0.5) is 5.69 Å². The molecule has 4 heteroatoms. The van der Waals surface area contributed by atoms with Crippen LogP contribution in [0.1, 0.15) is 32.7 Å². The van der Waals surface area contributed by atoms with Gasteiger partial charge in [0, 0.05) is 11.8 Å². The number of hydrogen-bond donors (Lipinski definition) is 1. The van der Waals surface area contributed by atoms with Gasteiger partial charge < -0.3 is 10.5 Å². The van der Waals surface area contributed by atoms with Gasteiger partial charge in [0.05, 0.1) is 18.3 Å². The average Bonchev–Trinajstić information content (AvgIpc) is 3.22. The number of ether oxygens (including phenoxy) is 1. The van der Waals surface area contributed by atoms with Gasteiger partial charge in [0.15, 0.2) is 0 Å². The highest BCUT2D eigenvalue weighted by Gasteiger charge is 2.30. The van der Waals surface area contributed by atoms with Crippen LogP contribution < -0.4 is 10.5 Å². The first kappa shape index (κ1) is 13.0. The lowest BCUT2D eigenvalue weighted by Gasteiger charge is -2.10. The number of para-hydroxylation sites is 1. The maximum Gasteiger partial charge on any atom is 0.128 e. The Labute approximate surface area is 119 Å². The molecule has 0 bridgehead atoms. The molecule has 2 N–H and O–H groups in total. The topological polar surface area (TPSA) is 53.1 Å². The van der Waals surface area contributed by atoms with Crippen LogP contribution in [0.5, 0.6) is 5.75 Å². The molecular weight excluding hydrogens is 250 g/mol. The van der Waals surface area contributed by atoms with Crippen molar-refractivity contribution in [1.29, 1.82) is 0 Å². The van der Waals surface area contributed by atoms with E-state index in [-0.39, 0.29) is 0 Å². The maximum atomic E-state index is 6.16. The fraction of sp³-hybridized carbons (Fsp3) is 0.438. The molecule has 0 amide bonds. The third-order valence-corrected chi connectivity index (χ3v) is 3.92. The number of nitrogens with zero attached hydrogens (tertiary/aromatic N) is 2. The summed E-state index contributed by atoms with van der Waals surface area (Å²) in [4.78, 5) is 0. The summed E-state index contributed by atoms with van der Waals surface area (Å²) in [5, 5.41) is 4.70. The Hall–Kier alpha value is -1.97. The van der Waals surface area contributed by atoms with E-state index in [2.05, 4.69) is 6.92 Å². The van der Waals surface area contributed by atoms with E-state index in [0.29, 0.717) is 18.3 Å². The number of benzene rings is 1. The number of hydrogen-bond acceptors (Lipinski definition) is 3.